The number of non-ortho nitro benzene ring substituents is 1. The van der Waals surface area contributed by atoms with Gasteiger partial charge in [-0.1, -0.05) is 6.07 Å². The Hall–Kier alpha value is -3.59. The Bertz CT molecular complexity index is 1160. The molecular formula is C21H18N4O4S. The van der Waals surface area contributed by atoms with Gasteiger partial charge in [-0.25, -0.2) is 9.97 Å². The zero-order chi connectivity index (χ0) is 20.9. The summed E-state index contributed by atoms with van der Waals surface area (Å²) in [6.45, 7) is 0.409. The number of benzene rings is 2. The molecule has 0 radical (unpaired) electrons. The molecule has 0 amide bonds. The molecule has 0 saturated heterocycles. The molecule has 0 spiro atoms. The average Bonchev–Trinajstić information content (AvgIpc) is 3.20. The molecule has 0 fully saturated rings. The van der Waals surface area contributed by atoms with Gasteiger partial charge in [0, 0.05) is 35.0 Å². The molecule has 4 rings (SSSR count). The zero-order valence-electron chi connectivity index (χ0n) is 16.1. The van der Waals surface area contributed by atoms with E-state index in [1.54, 1.807) is 25.4 Å². The number of nitrogens with one attached hydrogen (secondary N) is 1. The fraction of sp³-hybridized carbons (Fsp3) is 0.143. The highest BCUT2D eigenvalue weighted by Crippen LogP contribution is 2.33. The minimum absolute atomic E-state index is 0.0782. The van der Waals surface area contributed by atoms with E-state index in [2.05, 4.69) is 15.0 Å². The standard InChI is InChI=1S/C21H18N4O4S/c1-28-15-7-8-17(20-23-18-6-3-9-22-21(18)24-20)19(13-15)29-10-11-30-16-5-2-4-14(12-16)25(26)27/h2-9,12-13H,10-11H2,1H3,(H,22,23,24). The van der Waals surface area contributed by atoms with Gasteiger partial charge in [-0.05, 0) is 30.3 Å². The van der Waals surface area contributed by atoms with Gasteiger partial charge in [-0.2, -0.15) is 0 Å². The number of methoxy groups -OCH3 is 1. The van der Waals surface area contributed by atoms with Crippen LogP contribution in [0.2, 0.25) is 0 Å². The van der Waals surface area contributed by atoms with E-state index in [-0.39, 0.29) is 5.69 Å². The van der Waals surface area contributed by atoms with Crippen LogP contribution < -0.4 is 9.47 Å². The number of nitro groups is 1. The smallest absolute Gasteiger partial charge is 0.270 e. The average molecular weight is 422 g/mol. The first-order valence-electron chi connectivity index (χ1n) is 9.13. The van der Waals surface area contributed by atoms with Gasteiger partial charge in [-0.3, -0.25) is 10.1 Å². The van der Waals surface area contributed by atoms with Crippen molar-refractivity contribution in [3.8, 4) is 22.9 Å². The van der Waals surface area contributed by atoms with Gasteiger partial charge in [-0.15, -0.1) is 11.8 Å². The van der Waals surface area contributed by atoms with Gasteiger partial charge >= 0.3 is 0 Å². The highest BCUT2D eigenvalue weighted by Gasteiger charge is 2.13. The third-order valence-electron chi connectivity index (χ3n) is 4.34. The largest absolute Gasteiger partial charge is 0.497 e. The summed E-state index contributed by atoms with van der Waals surface area (Å²) in [6.07, 6.45) is 1.70. The Morgan fingerprint density at radius 1 is 1.17 bits per heavy atom. The molecule has 0 aliphatic rings. The number of pyridine rings is 1. The molecule has 2 heterocycles. The molecule has 0 saturated carbocycles. The lowest BCUT2D eigenvalue weighted by atomic mass is 10.2. The lowest BCUT2D eigenvalue weighted by molar-refractivity contribution is -0.385. The van der Waals surface area contributed by atoms with E-state index in [9.17, 15) is 10.1 Å². The Balaban J connectivity index is 1.49. The second-order valence-electron chi connectivity index (χ2n) is 6.27. The van der Waals surface area contributed by atoms with Crippen molar-refractivity contribution in [3.05, 3.63) is 70.9 Å². The highest BCUT2D eigenvalue weighted by atomic mass is 32.2. The van der Waals surface area contributed by atoms with Crippen molar-refractivity contribution in [1.29, 1.82) is 0 Å². The lowest BCUT2D eigenvalue weighted by Crippen LogP contribution is -2.02. The van der Waals surface area contributed by atoms with E-state index in [0.29, 0.717) is 35.3 Å². The Labute approximate surface area is 176 Å². The first-order valence-corrected chi connectivity index (χ1v) is 10.1. The maximum Gasteiger partial charge on any atom is 0.270 e. The number of rotatable bonds is 8. The van der Waals surface area contributed by atoms with Crippen LogP contribution in [0.1, 0.15) is 0 Å². The maximum atomic E-state index is 10.9. The number of ether oxygens (including phenoxy) is 2. The van der Waals surface area contributed by atoms with Gasteiger partial charge in [0.05, 0.1) is 29.7 Å². The molecule has 8 nitrogen and oxygen atoms in total. The molecule has 0 atom stereocenters. The molecule has 0 aliphatic carbocycles. The minimum Gasteiger partial charge on any atom is -0.497 e. The molecule has 0 aliphatic heterocycles. The summed E-state index contributed by atoms with van der Waals surface area (Å²) in [5, 5.41) is 10.9. The Morgan fingerprint density at radius 3 is 2.87 bits per heavy atom. The third-order valence-corrected chi connectivity index (χ3v) is 5.30. The van der Waals surface area contributed by atoms with Crippen LogP contribution in [0.15, 0.2) is 65.7 Å². The number of nitrogens with zero attached hydrogens (tertiary/aromatic N) is 3. The van der Waals surface area contributed by atoms with Crippen molar-refractivity contribution in [3.63, 3.8) is 0 Å². The molecule has 0 unspecified atom stereocenters. The number of thioether (sulfide) groups is 1. The van der Waals surface area contributed by atoms with Crippen LogP contribution in [0.25, 0.3) is 22.6 Å². The second-order valence-corrected chi connectivity index (χ2v) is 7.44. The Kier molecular flexibility index (Phi) is 5.80. The van der Waals surface area contributed by atoms with Crippen LogP contribution in [0, 0.1) is 10.1 Å². The van der Waals surface area contributed by atoms with Crippen molar-refractivity contribution >= 4 is 28.6 Å². The maximum absolute atomic E-state index is 10.9. The van der Waals surface area contributed by atoms with Crippen LogP contribution in [-0.2, 0) is 0 Å². The molecule has 2 aromatic carbocycles. The van der Waals surface area contributed by atoms with E-state index in [0.717, 1.165) is 16.0 Å². The number of imidazole rings is 1. The van der Waals surface area contributed by atoms with Gasteiger partial charge in [0.1, 0.15) is 17.3 Å². The normalized spacial score (nSPS) is 10.8. The van der Waals surface area contributed by atoms with Crippen molar-refractivity contribution in [2.75, 3.05) is 19.5 Å². The summed E-state index contributed by atoms with van der Waals surface area (Å²) < 4.78 is 11.3. The predicted molar refractivity (Wildman–Crippen MR) is 115 cm³/mol. The van der Waals surface area contributed by atoms with E-state index < -0.39 is 4.92 Å². The predicted octanol–water partition coefficient (Wildman–Crippen LogP) is 4.71. The lowest BCUT2D eigenvalue weighted by Gasteiger charge is -2.12. The van der Waals surface area contributed by atoms with Crippen molar-refractivity contribution < 1.29 is 14.4 Å². The minimum atomic E-state index is -0.398. The number of aromatic nitrogens is 3. The van der Waals surface area contributed by atoms with E-state index in [1.807, 2.05) is 36.4 Å². The fourth-order valence-corrected chi connectivity index (χ4v) is 3.70. The summed E-state index contributed by atoms with van der Waals surface area (Å²) in [5.74, 6) is 2.59. The summed E-state index contributed by atoms with van der Waals surface area (Å²) in [7, 11) is 1.60. The summed E-state index contributed by atoms with van der Waals surface area (Å²) in [6, 6.07) is 15.9. The number of hydrogen-bond donors (Lipinski definition) is 1. The van der Waals surface area contributed by atoms with E-state index >= 15 is 0 Å². The highest BCUT2D eigenvalue weighted by molar-refractivity contribution is 7.99. The summed E-state index contributed by atoms with van der Waals surface area (Å²) >= 11 is 1.49. The second kappa shape index (κ2) is 8.83. The van der Waals surface area contributed by atoms with Crippen molar-refractivity contribution in [2.45, 2.75) is 4.90 Å². The van der Waals surface area contributed by atoms with Crippen LogP contribution in [0.3, 0.4) is 0 Å². The number of H-pyrrole nitrogens is 1. The molecule has 152 valence electrons. The third kappa shape index (κ3) is 4.36. The van der Waals surface area contributed by atoms with Gasteiger partial charge in [0.25, 0.3) is 5.69 Å². The van der Waals surface area contributed by atoms with Crippen molar-refractivity contribution in [1.82, 2.24) is 15.0 Å². The van der Waals surface area contributed by atoms with E-state index in [1.165, 1.54) is 17.8 Å². The van der Waals surface area contributed by atoms with Gasteiger partial charge in [0.2, 0.25) is 0 Å². The molecule has 2 aromatic heterocycles. The number of fused-ring (bicyclic) bond motifs is 1. The molecule has 1 N–H and O–H groups in total. The van der Waals surface area contributed by atoms with Crippen LogP contribution in [-0.4, -0.2) is 39.3 Å². The summed E-state index contributed by atoms with van der Waals surface area (Å²) in [5.41, 5.74) is 2.36. The zero-order valence-corrected chi connectivity index (χ0v) is 16.9. The first kappa shape index (κ1) is 19.7. The quantitative estimate of drug-likeness (QED) is 0.190. The molecular weight excluding hydrogens is 404 g/mol. The van der Waals surface area contributed by atoms with E-state index in [4.69, 9.17) is 9.47 Å². The van der Waals surface area contributed by atoms with Crippen LogP contribution >= 0.6 is 11.8 Å². The SMILES string of the molecule is COc1ccc(-c2nc3ncccc3[nH]2)c(OCCSc2cccc([N+](=O)[O-])c2)c1. The molecule has 4 aromatic rings. The van der Waals surface area contributed by atoms with Gasteiger partial charge < -0.3 is 14.5 Å². The van der Waals surface area contributed by atoms with Crippen LogP contribution in [0.5, 0.6) is 11.5 Å². The molecule has 9 heteroatoms. The molecule has 0 bridgehead atoms. The van der Waals surface area contributed by atoms with Gasteiger partial charge in [0.15, 0.2) is 5.65 Å². The first-order chi connectivity index (χ1) is 14.6. The number of nitro benzene ring substituents is 1. The number of aromatic amines is 1. The molecule has 30 heavy (non-hydrogen) atoms. The number of hydrogen-bond acceptors (Lipinski definition) is 7. The van der Waals surface area contributed by atoms with Crippen LogP contribution in [0.4, 0.5) is 5.69 Å². The van der Waals surface area contributed by atoms with Crippen molar-refractivity contribution in [2.24, 2.45) is 0 Å². The Morgan fingerprint density at radius 2 is 2.07 bits per heavy atom. The fourth-order valence-electron chi connectivity index (χ4n) is 2.92. The topological polar surface area (TPSA) is 103 Å². The monoisotopic (exact) mass is 422 g/mol. The summed E-state index contributed by atoms with van der Waals surface area (Å²) in [4.78, 5) is 23.4.